The minimum absolute atomic E-state index is 0.125. The molecule has 0 unspecified atom stereocenters. The fraction of sp³-hybridized carbons (Fsp3) is 0.533. The maximum Gasteiger partial charge on any atom is 0.238 e. The zero-order valence-corrected chi connectivity index (χ0v) is 13.8. The summed E-state index contributed by atoms with van der Waals surface area (Å²) in [6, 6.07) is 7.39. The molecule has 0 heterocycles. The lowest BCUT2D eigenvalue weighted by Gasteiger charge is -2.32. The highest BCUT2D eigenvalue weighted by Gasteiger charge is 2.31. The van der Waals surface area contributed by atoms with E-state index in [2.05, 4.69) is 21.2 Å². The maximum atomic E-state index is 12.2. The molecule has 1 amide bonds. The number of rotatable bonds is 3. The number of benzene rings is 1. The fourth-order valence-electron chi connectivity index (χ4n) is 1.72. The van der Waals surface area contributed by atoms with Gasteiger partial charge in [-0.15, -0.1) is 0 Å². The summed E-state index contributed by atoms with van der Waals surface area (Å²) in [5.41, 5.74) is 6.34. The van der Waals surface area contributed by atoms with E-state index in [1.807, 2.05) is 58.9 Å². The third-order valence-electron chi connectivity index (χ3n) is 3.22. The third-order valence-corrected chi connectivity index (χ3v) is 3.75. The van der Waals surface area contributed by atoms with Crippen LogP contribution in [0.5, 0.6) is 0 Å². The van der Waals surface area contributed by atoms with E-state index in [1.54, 1.807) is 0 Å². The largest absolute Gasteiger partial charge is 0.346 e. The minimum Gasteiger partial charge on any atom is -0.346 e. The molecule has 106 valence electrons. The molecule has 1 aromatic rings. The van der Waals surface area contributed by atoms with Gasteiger partial charge in [-0.05, 0) is 37.0 Å². The van der Waals surface area contributed by atoms with Gasteiger partial charge in [0.2, 0.25) is 5.91 Å². The lowest BCUT2D eigenvalue weighted by Crippen LogP contribution is -2.53. The van der Waals surface area contributed by atoms with Crippen molar-refractivity contribution in [1.29, 1.82) is 0 Å². The van der Waals surface area contributed by atoms with E-state index < -0.39 is 11.6 Å². The molecule has 1 rings (SSSR count). The molecule has 0 aliphatic carbocycles. The molecular weight excluding hydrogens is 304 g/mol. The van der Waals surface area contributed by atoms with Gasteiger partial charge < -0.3 is 11.1 Å². The van der Waals surface area contributed by atoms with E-state index in [-0.39, 0.29) is 11.3 Å². The van der Waals surface area contributed by atoms with Crippen molar-refractivity contribution >= 4 is 21.8 Å². The number of halogens is 1. The van der Waals surface area contributed by atoms with Gasteiger partial charge in [-0.1, -0.05) is 48.8 Å². The molecule has 0 aliphatic rings. The van der Waals surface area contributed by atoms with Gasteiger partial charge in [0.25, 0.3) is 0 Å². The SMILES string of the molecule is CC(C)(NC(=O)[C@H](N)C(C)(C)C)c1ccc(Br)cc1. The van der Waals surface area contributed by atoms with E-state index in [0.29, 0.717) is 0 Å². The highest BCUT2D eigenvalue weighted by Crippen LogP contribution is 2.24. The number of nitrogens with two attached hydrogens (primary N) is 1. The van der Waals surface area contributed by atoms with Crippen LogP contribution in [0.2, 0.25) is 0 Å². The molecule has 1 atom stereocenters. The average molecular weight is 327 g/mol. The third kappa shape index (κ3) is 4.32. The zero-order chi connectivity index (χ0) is 14.8. The van der Waals surface area contributed by atoms with Crippen LogP contribution in [-0.2, 0) is 10.3 Å². The summed E-state index contributed by atoms with van der Waals surface area (Å²) in [7, 11) is 0. The summed E-state index contributed by atoms with van der Waals surface area (Å²) >= 11 is 3.41. The Morgan fingerprint density at radius 2 is 1.63 bits per heavy atom. The molecule has 0 radical (unpaired) electrons. The predicted molar refractivity (Wildman–Crippen MR) is 82.7 cm³/mol. The fourth-order valence-corrected chi connectivity index (χ4v) is 1.98. The van der Waals surface area contributed by atoms with Crippen molar-refractivity contribution in [3.8, 4) is 0 Å². The number of hydrogen-bond acceptors (Lipinski definition) is 2. The smallest absolute Gasteiger partial charge is 0.238 e. The monoisotopic (exact) mass is 326 g/mol. The zero-order valence-electron chi connectivity index (χ0n) is 12.3. The molecule has 0 spiro atoms. The van der Waals surface area contributed by atoms with Crippen LogP contribution < -0.4 is 11.1 Å². The van der Waals surface area contributed by atoms with Crippen molar-refractivity contribution in [3.63, 3.8) is 0 Å². The lowest BCUT2D eigenvalue weighted by atomic mass is 9.85. The van der Waals surface area contributed by atoms with Crippen LogP contribution in [0, 0.1) is 5.41 Å². The van der Waals surface area contributed by atoms with Gasteiger partial charge in [-0.25, -0.2) is 0 Å². The molecule has 19 heavy (non-hydrogen) atoms. The highest BCUT2D eigenvalue weighted by atomic mass is 79.9. The Morgan fingerprint density at radius 3 is 2.05 bits per heavy atom. The first-order valence-electron chi connectivity index (χ1n) is 6.38. The lowest BCUT2D eigenvalue weighted by molar-refractivity contribution is -0.126. The van der Waals surface area contributed by atoms with E-state index in [4.69, 9.17) is 5.73 Å². The summed E-state index contributed by atoms with van der Waals surface area (Å²) in [5, 5.41) is 3.02. The Kier molecular flexibility index (Phi) is 4.80. The van der Waals surface area contributed by atoms with Crippen LogP contribution in [0.1, 0.15) is 40.2 Å². The second-order valence-corrected chi connectivity index (χ2v) is 7.38. The van der Waals surface area contributed by atoms with Crippen LogP contribution in [0.3, 0.4) is 0 Å². The number of hydrogen-bond donors (Lipinski definition) is 2. The maximum absolute atomic E-state index is 12.2. The average Bonchev–Trinajstić information content (AvgIpc) is 2.26. The number of nitrogens with one attached hydrogen (secondary N) is 1. The first-order valence-corrected chi connectivity index (χ1v) is 7.17. The Hall–Kier alpha value is -0.870. The second-order valence-electron chi connectivity index (χ2n) is 6.46. The molecule has 1 aromatic carbocycles. The van der Waals surface area contributed by atoms with Crippen molar-refractivity contribution in [2.45, 2.75) is 46.2 Å². The quantitative estimate of drug-likeness (QED) is 0.896. The molecule has 3 nitrogen and oxygen atoms in total. The predicted octanol–water partition coefficient (Wildman–Crippen LogP) is 3.17. The van der Waals surface area contributed by atoms with Gasteiger partial charge in [0, 0.05) is 4.47 Å². The van der Waals surface area contributed by atoms with Crippen molar-refractivity contribution in [2.24, 2.45) is 11.1 Å². The van der Waals surface area contributed by atoms with E-state index in [9.17, 15) is 4.79 Å². The van der Waals surface area contributed by atoms with Crippen molar-refractivity contribution < 1.29 is 4.79 Å². The Balaban J connectivity index is 2.85. The summed E-state index contributed by atoms with van der Waals surface area (Å²) in [6.45, 7) is 9.84. The number of carbonyl (C=O) groups excluding carboxylic acids is 1. The molecule has 4 heteroatoms. The van der Waals surface area contributed by atoms with E-state index in [1.165, 1.54) is 0 Å². The topological polar surface area (TPSA) is 55.1 Å². The van der Waals surface area contributed by atoms with Crippen molar-refractivity contribution in [2.75, 3.05) is 0 Å². The molecule has 3 N–H and O–H groups in total. The minimum atomic E-state index is -0.526. The molecule has 0 bridgehead atoms. The van der Waals surface area contributed by atoms with Crippen LogP contribution in [0.4, 0.5) is 0 Å². The molecule has 0 saturated heterocycles. The van der Waals surface area contributed by atoms with Crippen LogP contribution in [0.15, 0.2) is 28.7 Å². The first kappa shape index (κ1) is 16.2. The number of carbonyl (C=O) groups is 1. The summed E-state index contributed by atoms with van der Waals surface area (Å²) in [6.07, 6.45) is 0. The Labute approximate surface area is 124 Å². The van der Waals surface area contributed by atoms with Gasteiger partial charge in [-0.3, -0.25) is 4.79 Å². The number of amides is 1. The Bertz CT molecular complexity index is 446. The van der Waals surface area contributed by atoms with Gasteiger partial charge >= 0.3 is 0 Å². The van der Waals surface area contributed by atoms with Gasteiger partial charge in [0.05, 0.1) is 11.6 Å². The van der Waals surface area contributed by atoms with Gasteiger partial charge in [-0.2, -0.15) is 0 Å². The van der Waals surface area contributed by atoms with Gasteiger partial charge in [0.1, 0.15) is 0 Å². The van der Waals surface area contributed by atoms with Crippen molar-refractivity contribution in [1.82, 2.24) is 5.32 Å². The summed E-state index contributed by atoms with van der Waals surface area (Å²) < 4.78 is 1.02. The standard InChI is InChI=1S/C15H23BrN2O/c1-14(2,3)12(17)13(19)18-15(4,5)10-6-8-11(16)9-7-10/h6-9,12H,17H2,1-5H3,(H,18,19)/t12-/m0/s1. The Morgan fingerprint density at radius 1 is 1.16 bits per heavy atom. The van der Waals surface area contributed by atoms with Crippen LogP contribution in [-0.4, -0.2) is 11.9 Å². The van der Waals surface area contributed by atoms with Gasteiger partial charge in [0.15, 0.2) is 0 Å². The second kappa shape index (κ2) is 5.63. The van der Waals surface area contributed by atoms with Crippen LogP contribution >= 0.6 is 15.9 Å². The normalized spacial score (nSPS) is 14.1. The molecule has 0 fully saturated rings. The molecule has 0 aliphatic heterocycles. The highest BCUT2D eigenvalue weighted by molar-refractivity contribution is 9.10. The molecular formula is C15H23BrN2O. The summed E-state index contributed by atoms with van der Waals surface area (Å²) in [5.74, 6) is -0.125. The van der Waals surface area contributed by atoms with Crippen LogP contribution in [0.25, 0.3) is 0 Å². The first-order chi connectivity index (χ1) is 8.54. The summed E-state index contributed by atoms with van der Waals surface area (Å²) in [4.78, 5) is 12.2. The van der Waals surface area contributed by atoms with E-state index >= 15 is 0 Å². The molecule has 0 saturated carbocycles. The molecule has 0 aromatic heterocycles. The van der Waals surface area contributed by atoms with Crippen molar-refractivity contribution in [3.05, 3.63) is 34.3 Å². The van der Waals surface area contributed by atoms with E-state index in [0.717, 1.165) is 10.0 Å².